The van der Waals surface area contributed by atoms with Crippen LogP contribution in [0, 0.1) is 0 Å². The quantitative estimate of drug-likeness (QED) is 0.794. The molecule has 4 heteroatoms. The Morgan fingerprint density at radius 3 is 2.95 bits per heavy atom. The van der Waals surface area contributed by atoms with E-state index in [0.29, 0.717) is 10.6 Å². The Hall–Kier alpha value is -1.06. The van der Waals surface area contributed by atoms with Gasteiger partial charge in [-0.05, 0) is 38.0 Å². The van der Waals surface area contributed by atoms with Crippen LogP contribution in [0.2, 0.25) is 5.02 Å². The van der Waals surface area contributed by atoms with Gasteiger partial charge in [0.1, 0.15) is 0 Å². The lowest BCUT2D eigenvalue weighted by Gasteiger charge is -2.26. The molecule has 1 aliphatic heterocycles. The summed E-state index contributed by atoms with van der Waals surface area (Å²) in [5, 5.41) is 0.643. The van der Waals surface area contributed by atoms with Gasteiger partial charge in [0.05, 0.1) is 16.8 Å². The van der Waals surface area contributed by atoms with E-state index < -0.39 is 0 Å². The van der Waals surface area contributed by atoms with E-state index in [2.05, 4.69) is 11.8 Å². The zero-order chi connectivity index (χ0) is 13.8. The van der Waals surface area contributed by atoms with Gasteiger partial charge >= 0.3 is 0 Å². The van der Waals surface area contributed by atoms with Crippen LogP contribution in [0.25, 0.3) is 0 Å². The van der Waals surface area contributed by atoms with E-state index in [-0.39, 0.29) is 11.9 Å². The number of hydrogen-bond acceptors (Lipinski definition) is 3. The first-order valence-corrected chi connectivity index (χ1v) is 7.16. The fourth-order valence-corrected chi connectivity index (χ4v) is 2.64. The predicted octanol–water partition coefficient (Wildman–Crippen LogP) is 3.55. The summed E-state index contributed by atoms with van der Waals surface area (Å²) in [6, 6.07) is 5.54. The first-order valence-electron chi connectivity index (χ1n) is 6.79. The van der Waals surface area contributed by atoms with Crippen molar-refractivity contribution in [3.8, 4) is 0 Å². The number of ether oxygens (including phenoxy) is 1. The Morgan fingerprint density at radius 2 is 2.32 bits per heavy atom. The van der Waals surface area contributed by atoms with Crippen LogP contribution < -0.4 is 4.90 Å². The van der Waals surface area contributed by atoms with Gasteiger partial charge in [-0.15, -0.1) is 0 Å². The van der Waals surface area contributed by atoms with Gasteiger partial charge in [-0.25, -0.2) is 0 Å². The number of Topliss-reactive ketones (excluding diaryl/α,β-unsaturated/α-hetero) is 1. The first-order chi connectivity index (χ1) is 9.11. The Labute approximate surface area is 119 Å². The molecule has 1 unspecified atom stereocenters. The minimum atomic E-state index is 0.0408. The summed E-state index contributed by atoms with van der Waals surface area (Å²) in [5.74, 6) is 0.0408. The Bertz CT molecular complexity index is 461. The van der Waals surface area contributed by atoms with Gasteiger partial charge in [0.15, 0.2) is 5.78 Å². The van der Waals surface area contributed by atoms with Crippen molar-refractivity contribution < 1.29 is 9.53 Å². The Kier molecular flexibility index (Phi) is 4.83. The molecule has 1 aliphatic rings. The van der Waals surface area contributed by atoms with Gasteiger partial charge in [-0.3, -0.25) is 4.79 Å². The van der Waals surface area contributed by atoms with Gasteiger partial charge in [0, 0.05) is 25.3 Å². The van der Waals surface area contributed by atoms with E-state index in [1.807, 2.05) is 12.1 Å². The summed E-state index contributed by atoms with van der Waals surface area (Å²) in [6.07, 6.45) is 2.26. The SMILES string of the molecule is CCC1CN(c2ccc(C(C)=O)cc2Cl)CCCO1. The molecular weight excluding hydrogens is 262 g/mol. The van der Waals surface area contributed by atoms with Gasteiger partial charge in [-0.1, -0.05) is 18.5 Å². The number of carbonyl (C=O) groups excluding carboxylic acids is 1. The summed E-state index contributed by atoms with van der Waals surface area (Å²) in [5.41, 5.74) is 1.66. The second-order valence-corrected chi connectivity index (χ2v) is 5.33. The maximum Gasteiger partial charge on any atom is 0.159 e. The summed E-state index contributed by atoms with van der Waals surface area (Å²) >= 11 is 6.32. The van der Waals surface area contributed by atoms with Gasteiger partial charge in [-0.2, -0.15) is 0 Å². The molecule has 1 atom stereocenters. The van der Waals surface area contributed by atoms with Crippen LogP contribution in [-0.4, -0.2) is 31.6 Å². The molecule has 3 nitrogen and oxygen atoms in total. The van der Waals surface area contributed by atoms with Crippen LogP contribution >= 0.6 is 11.6 Å². The van der Waals surface area contributed by atoms with Crippen molar-refractivity contribution in [2.75, 3.05) is 24.6 Å². The van der Waals surface area contributed by atoms with Gasteiger partial charge in [0.2, 0.25) is 0 Å². The van der Waals surface area contributed by atoms with E-state index >= 15 is 0 Å². The molecule has 1 aromatic rings. The molecule has 1 heterocycles. The smallest absolute Gasteiger partial charge is 0.159 e. The summed E-state index contributed by atoms with van der Waals surface area (Å²) in [4.78, 5) is 13.6. The zero-order valence-corrected chi connectivity index (χ0v) is 12.2. The highest BCUT2D eigenvalue weighted by Crippen LogP contribution is 2.28. The third-order valence-corrected chi connectivity index (χ3v) is 3.80. The summed E-state index contributed by atoms with van der Waals surface area (Å²) < 4.78 is 5.77. The molecule has 0 saturated carbocycles. The third-order valence-electron chi connectivity index (χ3n) is 3.50. The number of carbonyl (C=O) groups is 1. The van der Waals surface area contributed by atoms with Crippen LogP contribution in [-0.2, 0) is 4.74 Å². The fraction of sp³-hybridized carbons (Fsp3) is 0.533. The van der Waals surface area contributed by atoms with Crippen molar-refractivity contribution in [2.45, 2.75) is 32.8 Å². The second kappa shape index (κ2) is 6.40. The number of anilines is 1. The van der Waals surface area contributed by atoms with E-state index in [1.54, 1.807) is 13.0 Å². The van der Waals surface area contributed by atoms with Gasteiger partial charge in [0.25, 0.3) is 0 Å². The monoisotopic (exact) mass is 281 g/mol. The molecule has 1 saturated heterocycles. The van der Waals surface area contributed by atoms with Crippen molar-refractivity contribution >= 4 is 23.1 Å². The lowest BCUT2D eigenvalue weighted by atomic mass is 10.1. The normalized spacial score (nSPS) is 20.2. The maximum atomic E-state index is 11.3. The Morgan fingerprint density at radius 1 is 1.53 bits per heavy atom. The number of benzene rings is 1. The molecule has 0 N–H and O–H groups in total. The van der Waals surface area contributed by atoms with Crippen molar-refractivity contribution in [2.24, 2.45) is 0 Å². The highest BCUT2D eigenvalue weighted by molar-refractivity contribution is 6.33. The molecule has 0 bridgehead atoms. The average Bonchev–Trinajstić information content (AvgIpc) is 2.63. The molecule has 0 spiro atoms. The van der Waals surface area contributed by atoms with Crippen LogP contribution in [0.5, 0.6) is 0 Å². The van der Waals surface area contributed by atoms with Gasteiger partial charge < -0.3 is 9.64 Å². The Balaban J connectivity index is 2.22. The third kappa shape index (κ3) is 3.48. The number of rotatable bonds is 3. The van der Waals surface area contributed by atoms with Crippen LogP contribution in [0.4, 0.5) is 5.69 Å². The zero-order valence-electron chi connectivity index (χ0n) is 11.5. The van der Waals surface area contributed by atoms with Crippen LogP contribution in [0.3, 0.4) is 0 Å². The van der Waals surface area contributed by atoms with E-state index in [0.717, 1.165) is 38.2 Å². The molecular formula is C15H20ClNO2. The molecule has 1 fully saturated rings. The van der Waals surface area contributed by atoms with Crippen molar-refractivity contribution in [1.82, 2.24) is 0 Å². The van der Waals surface area contributed by atoms with Crippen molar-refractivity contribution in [1.29, 1.82) is 0 Å². The molecule has 19 heavy (non-hydrogen) atoms. The lowest BCUT2D eigenvalue weighted by molar-refractivity contribution is 0.0664. The minimum Gasteiger partial charge on any atom is -0.376 e. The number of nitrogens with zero attached hydrogens (tertiary/aromatic N) is 1. The molecule has 0 amide bonds. The number of halogens is 1. The highest BCUT2D eigenvalue weighted by Gasteiger charge is 2.19. The topological polar surface area (TPSA) is 29.5 Å². The second-order valence-electron chi connectivity index (χ2n) is 4.92. The van der Waals surface area contributed by atoms with Crippen molar-refractivity contribution in [3.05, 3.63) is 28.8 Å². The minimum absolute atomic E-state index is 0.0408. The molecule has 0 aliphatic carbocycles. The van der Waals surface area contributed by atoms with Crippen LogP contribution in [0.15, 0.2) is 18.2 Å². The van der Waals surface area contributed by atoms with Crippen molar-refractivity contribution in [3.63, 3.8) is 0 Å². The predicted molar refractivity (Wildman–Crippen MR) is 78.3 cm³/mol. The van der Waals surface area contributed by atoms with E-state index in [4.69, 9.17) is 16.3 Å². The molecule has 0 aromatic heterocycles. The number of ketones is 1. The number of hydrogen-bond donors (Lipinski definition) is 0. The summed E-state index contributed by atoms with van der Waals surface area (Å²) in [6.45, 7) is 6.29. The lowest BCUT2D eigenvalue weighted by Crippen LogP contribution is -2.31. The molecule has 2 rings (SSSR count). The van der Waals surface area contributed by atoms with E-state index in [9.17, 15) is 4.79 Å². The molecule has 1 aromatic carbocycles. The maximum absolute atomic E-state index is 11.3. The standard InChI is InChI=1S/C15H20ClNO2/c1-3-13-10-17(7-4-8-19-13)15-6-5-12(11(2)18)9-14(15)16/h5-6,9,13H,3-4,7-8,10H2,1-2H3. The molecule has 0 radical (unpaired) electrons. The largest absolute Gasteiger partial charge is 0.376 e. The van der Waals surface area contributed by atoms with Crippen LogP contribution in [0.1, 0.15) is 37.0 Å². The fourth-order valence-electron chi connectivity index (χ4n) is 2.34. The average molecular weight is 282 g/mol. The summed E-state index contributed by atoms with van der Waals surface area (Å²) in [7, 11) is 0. The first kappa shape index (κ1) is 14.4. The van der Waals surface area contributed by atoms with E-state index in [1.165, 1.54) is 0 Å². The molecule has 104 valence electrons. The highest BCUT2D eigenvalue weighted by atomic mass is 35.5.